The third-order valence-corrected chi connectivity index (χ3v) is 4.86. The van der Waals surface area contributed by atoms with Gasteiger partial charge in [-0.15, -0.1) is 5.21 Å². The highest BCUT2D eigenvalue weighted by molar-refractivity contribution is 6.64. The Morgan fingerprint density at radius 1 is 0.960 bits per heavy atom. The highest BCUT2D eigenvalue weighted by atomic mass is 28.4. The van der Waals surface area contributed by atoms with Crippen LogP contribution in [0.5, 0.6) is 0 Å². The van der Waals surface area contributed by atoms with Crippen LogP contribution in [-0.2, 0) is 14.1 Å². The summed E-state index contributed by atoms with van der Waals surface area (Å²) in [6.07, 6.45) is -5.58. The average molecular weight is 406 g/mol. The van der Waals surface area contributed by atoms with Crippen molar-refractivity contribution in [2.24, 2.45) is 0 Å². The first-order valence-electron chi connectivity index (χ1n) is 6.99. The van der Waals surface area contributed by atoms with Gasteiger partial charge in [0.05, 0.1) is 0 Å². The lowest BCUT2D eigenvalue weighted by atomic mass is 10.1. The molecule has 4 nitrogen and oxygen atoms in total. The number of hydrogen-bond donors (Lipinski definition) is 0. The second-order valence-electron chi connectivity index (χ2n) is 6.45. The molecule has 0 fully saturated rings. The number of alkyl halides is 8. The molecule has 0 heterocycles. The Labute approximate surface area is 140 Å². The summed E-state index contributed by atoms with van der Waals surface area (Å²) >= 11 is 0. The number of hydrogen-bond acceptors (Lipinski definition) is 3. The van der Waals surface area contributed by atoms with Gasteiger partial charge in [-0.2, -0.15) is 26.3 Å². The molecule has 0 amide bonds. The van der Waals surface area contributed by atoms with Gasteiger partial charge in [0.2, 0.25) is 0 Å². The molecule has 0 unspecified atom stereocenters. The predicted octanol–water partition coefficient (Wildman–Crippen LogP) is 4.64. The summed E-state index contributed by atoms with van der Waals surface area (Å²) in [5.41, 5.74) is -2.77. The fourth-order valence-corrected chi connectivity index (χ4v) is 4.51. The first-order valence-corrected chi connectivity index (χ1v) is 9.81. The smallest absolute Gasteiger partial charge is 0.392 e. The lowest BCUT2D eigenvalue weighted by Gasteiger charge is -2.43. The minimum absolute atomic E-state index is 0.470. The highest BCUT2D eigenvalue weighted by Crippen LogP contribution is 2.51. The molecule has 0 bridgehead atoms. The summed E-state index contributed by atoms with van der Waals surface area (Å²) in [5.74, 6) is -13.1. The van der Waals surface area contributed by atoms with Crippen molar-refractivity contribution in [2.45, 2.75) is 76.9 Å². The Kier molecular flexibility index (Phi) is 7.11. The van der Waals surface area contributed by atoms with E-state index >= 15 is 0 Å². The van der Waals surface area contributed by atoms with E-state index in [1.54, 1.807) is 13.8 Å². The molecule has 0 saturated carbocycles. The van der Waals surface area contributed by atoms with Crippen LogP contribution in [-0.4, -0.2) is 49.8 Å². The molecule has 0 N–H and O–H groups in total. The van der Waals surface area contributed by atoms with E-state index in [0.717, 1.165) is 0 Å². The van der Waals surface area contributed by atoms with Gasteiger partial charge < -0.3 is 8.85 Å². The van der Waals surface area contributed by atoms with Crippen molar-refractivity contribution < 1.29 is 49.2 Å². The van der Waals surface area contributed by atoms with Gasteiger partial charge in [-0.25, -0.2) is 8.78 Å². The maximum Gasteiger partial charge on any atom is 0.400 e. The Morgan fingerprint density at radius 3 is 1.68 bits per heavy atom. The molecule has 0 aliphatic heterocycles. The summed E-state index contributed by atoms with van der Waals surface area (Å²) in [6.45, 7) is 6.92. The molecule has 0 aliphatic rings. The number of nitrogens with zero attached hydrogens (tertiary/aromatic N) is 1. The van der Waals surface area contributed by atoms with E-state index < -0.39 is 49.8 Å². The second-order valence-corrected chi connectivity index (χ2v) is 9.69. The monoisotopic (exact) mass is 406 g/mol. The van der Waals surface area contributed by atoms with Crippen LogP contribution in [0, 0.1) is 0 Å². The zero-order chi connectivity index (χ0) is 20.6. The summed E-state index contributed by atoms with van der Waals surface area (Å²) in [4.78, 5) is 0. The summed E-state index contributed by atoms with van der Waals surface area (Å²) in [7, 11) is -3.33. The van der Waals surface area contributed by atoms with Crippen molar-refractivity contribution in [3.63, 3.8) is 0 Å². The largest absolute Gasteiger partial charge is 0.400 e. The van der Waals surface area contributed by atoms with Crippen LogP contribution in [0.2, 0.25) is 13.1 Å². The molecule has 0 aliphatic carbocycles. The fraction of sp³-hybridized carbons (Fsp3) is 1.00. The minimum Gasteiger partial charge on any atom is -0.392 e. The van der Waals surface area contributed by atoms with E-state index in [9.17, 15) is 40.3 Å². The lowest BCUT2D eigenvalue weighted by molar-refractivity contribution is -0.471. The van der Waals surface area contributed by atoms with Crippen molar-refractivity contribution in [2.75, 3.05) is 0 Å². The van der Waals surface area contributed by atoms with Crippen LogP contribution in [0.3, 0.4) is 0 Å². The molecular weight excluding hydrogens is 386 g/mol. The maximum atomic E-state index is 13.7. The zero-order valence-electron chi connectivity index (χ0n) is 14.4. The summed E-state index contributed by atoms with van der Waals surface area (Å²) < 4.78 is 114. The molecule has 0 spiro atoms. The van der Waals surface area contributed by atoms with E-state index in [4.69, 9.17) is 8.85 Å². The van der Waals surface area contributed by atoms with Gasteiger partial charge in [-0.05, 0) is 40.8 Å². The van der Waals surface area contributed by atoms with Gasteiger partial charge in [0.1, 0.15) is 5.72 Å². The van der Waals surface area contributed by atoms with Gasteiger partial charge in [0.25, 0.3) is 0 Å². The Hall–Kier alpha value is -0.503. The average Bonchev–Trinajstić information content (AvgIpc) is 2.33. The van der Waals surface area contributed by atoms with Gasteiger partial charge >= 0.3 is 32.9 Å². The Balaban J connectivity index is 5.71. The van der Waals surface area contributed by atoms with Crippen molar-refractivity contribution in [3.8, 4) is 0 Å². The molecule has 13 heteroatoms. The fourth-order valence-electron chi connectivity index (χ4n) is 2.04. The Bertz CT molecular complexity index is 460. The van der Waals surface area contributed by atoms with Crippen LogP contribution >= 0.6 is 0 Å². The first kappa shape index (κ1) is 24.5. The van der Waals surface area contributed by atoms with Crippen molar-refractivity contribution in [3.05, 3.63) is 0 Å². The van der Waals surface area contributed by atoms with Crippen LogP contribution in [0.1, 0.15) is 27.7 Å². The number of rotatable bonds is 9. The van der Waals surface area contributed by atoms with Gasteiger partial charge in [0.15, 0.2) is 0 Å². The predicted molar refractivity (Wildman–Crippen MR) is 72.2 cm³/mol. The maximum absolute atomic E-state index is 13.7. The summed E-state index contributed by atoms with van der Waals surface area (Å²) in [5, 5.41) is 9.97. The first-order chi connectivity index (χ1) is 10.7. The van der Waals surface area contributed by atoms with Gasteiger partial charge in [0, 0.05) is 6.10 Å². The quantitative estimate of drug-likeness (QED) is 0.184. The zero-order valence-corrected chi connectivity index (χ0v) is 15.4. The van der Waals surface area contributed by atoms with Crippen molar-refractivity contribution >= 4 is 8.56 Å². The van der Waals surface area contributed by atoms with Gasteiger partial charge in [-0.3, -0.25) is 0 Å². The third kappa shape index (κ3) is 5.02. The molecule has 0 rings (SSSR count). The number of hydroxylamine groups is 2. The Morgan fingerprint density at radius 2 is 1.36 bits per heavy atom. The van der Waals surface area contributed by atoms with E-state index in [2.05, 4.69) is 0 Å². The van der Waals surface area contributed by atoms with E-state index in [-0.39, 0.29) is 0 Å². The molecule has 0 saturated heterocycles. The molecule has 25 heavy (non-hydrogen) atoms. The normalized spacial score (nSPS) is 15.6. The molecule has 151 valence electrons. The van der Waals surface area contributed by atoms with Crippen molar-refractivity contribution in [1.29, 1.82) is 0 Å². The van der Waals surface area contributed by atoms with Crippen LogP contribution in [0.25, 0.3) is 0 Å². The highest BCUT2D eigenvalue weighted by Gasteiger charge is 2.79. The topological polar surface area (TPSA) is 41.6 Å². The molecule has 0 aromatic carbocycles. The summed E-state index contributed by atoms with van der Waals surface area (Å²) in [6, 6.07) is -6.18. The lowest BCUT2D eigenvalue weighted by Crippen LogP contribution is -2.68. The van der Waals surface area contributed by atoms with Crippen molar-refractivity contribution in [1.82, 2.24) is 5.06 Å². The minimum atomic E-state index is -6.65. The van der Waals surface area contributed by atoms with E-state index in [0.29, 0.717) is 13.8 Å². The number of halogens is 8. The molecule has 0 atom stereocenters. The van der Waals surface area contributed by atoms with E-state index in [1.165, 1.54) is 13.1 Å². The standard InChI is InChI=1S/C12H20F8NO3Si/c1-7(2)23-25(5,6)24-9(3,4)21(22)12(19,20)11(17,18)10(15,16)8(13)14/h7-8H,1-6H3. The van der Waals surface area contributed by atoms with Crippen LogP contribution in [0.15, 0.2) is 0 Å². The van der Waals surface area contributed by atoms with E-state index in [1.807, 2.05) is 0 Å². The second kappa shape index (κ2) is 7.25. The van der Waals surface area contributed by atoms with Gasteiger partial charge in [-0.1, -0.05) is 5.06 Å². The molecular formula is C12H20F8NO3Si. The third-order valence-electron chi connectivity index (χ3n) is 2.83. The molecule has 0 aromatic rings. The molecule has 0 aromatic heterocycles. The van der Waals surface area contributed by atoms with Crippen LogP contribution < -0.4 is 0 Å². The SMILES string of the molecule is CC(C)O[Si](C)(C)OC(C)(C)N([O])C(F)(F)C(F)(F)C(F)(F)C(F)F. The molecule has 1 radical (unpaired) electrons. The van der Waals surface area contributed by atoms with Crippen LogP contribution in [0.4, 0.5) is 35.1 Å².